The van der Waals surface area contributed by atoms with Crippen LogP contribution in [0.4, 0.5) is 5.69 Å². The van der Waals surface area contributed by atoms with E-state index in [0.717, 1.165) is 45.0 Å². The molecule has 3 heteroatoms. The van der Waals surface area contributed by atoms with Gasteiger partial charge in [0, 0.05) is 31.9 Å². The van der Waals surface area contributed by atoms with E-state index in [2.05, 4.69) is 34.5 Å². The van der Waals surface area contributed by atoms with Crippen molar-refractivity contribution in [2.24, 2.45) is 0 Å². The van der Waals surface area contributed by atoms with Crippen LogP contribution >= 0.6 is 0 Å². The fourth-order valence-corrected chi connectivity index (χ4v) is 2.72. The summed E-state index contributed by atoms with van der Waals surface area (Å²) >= 11 is 0. The van der Waals surface area contributed by atoms with Gasteiger partial charge in [-0.1, -0.05) is 36.4 Å². The molecule has 0 saturated heterocycles. The molecule has 2 aromatic rings. The van der Waals surface area contributed by atoms with Gasteiger partial charge in [-0.25, -0.2) is 0 Å². The van der Waals surface area contributed by atoms with E-state index in [0.29, 0.717) is 0 Å². The van der Waals surface area contributed by atoms with Crippen LogP contribution in [-0.2, 0) is 6.54 Å². The molecule has 3 nitrogen and oxygen atoms in total. The van der Waals surface area contributed by atoms with Crippen molar-refractivity contribution in [3.05, 3.63) is 60.2 Å². The fourth-order valence-electron chi connectivity index (χ4n) is 2.72. The Balaban J connectivity index is 1.53. The summed E-state index contributed by atoms with van der Waals surface area (Å²) < 4.78 is 5.77. The highest BCUT2D eigenvalue weighted by Crippen LogP contribution is 2.22. The molecule has 0 spiro atoms. The molecule has 0 saturated carbocycles. The summed E-state index contributed by atoms with van der Waals surface area (Å²) in [5.74, 6) is 0.954. The Kier molecular flexibility index (Phi) is 4.74. The molecule has 0 fully saturated rings. The Morgan fingerprint density at radius 3 is 2.71 bits per heavy atom. The van der Waals surface area contributed by atoms with Crippen LogP contribution in [0.5, 0.6) is 5.75 Å². The summed E-state index contributed by atoms with van der Waals surface area (Å²) in [6.45, 7) is 4.85. The monoisotopic (exact) mass is 282 g/mol. The highest BCUT2D eigenvalue weighted by molar-refractivity contribution is 5.54. The molecule has 1 aliphatic rings. The molecule has 2 aromatic carbocycles. The van der Waals surface area contributed by atoms with Gasteiger partial charge in [0.2, 0.25) is 0 Å². The number of benzene rings is 2. The summed E-state index contributed by atoms with van der Waals surface area (Å²) in [7, 11) is 0. The van der Waals surface area contributed by atoms with Crippen molar-refractivity contribution in [2.45, 2.75) is 13.0 Å². The molecule has 0 unspecified atom stereocenters. The van der Waals surface area contributed by atoms with Gasteiger partial charge in [0.1, 0.15) is 5.75 Å². The molecule has 21 heavy (non-hydrogen) atoms. The highest BCUT2D eigenvalue weighted by Gasteiger charge is 2.13. The fraction of sp³-hybridized carbons (Fsp3) is 0.333. The average molecular weight is 282 g/mol. The minimum absolute atomic E-state index is 0.760. The minimum Gasteiger partial charge on any atom is -0.494 e. The predicted molar refractivity (Wildman–Crippen MR) is 86.9 cm³/mol. The number of anilines is 1. The van der Waals surface area contributed by atoms with E-state index >= 15 is 0 Å². The second-order valence-corrected chi connectivity index (χ2v) is 5.31. The van der Waals surface area contributed by atoms with E-state index in [1.807, 2.05) is 30.3 Å². The molecule has 1 heterocycles. The first kappa shape index (κ1) is 14.0. The summed E-state index contributed by atoms with van der Waals surface area (Å²) in [4.78, 5) is 2.46. The van der Waals surface area contributed by atoms with Crippen molar-refractivity contribution in [3.8, 4) is 5.75 Å². The van der Waals surface area contributed by atoms with E-state index in [4.69, 9.17) is 4.74 Å². The van der Waals surface area contributed by atoms with Gasteiger partial charge in [0.15, 0.2) is 0 Å². The van der Waals surface area contributed by atoms with E-state index < -0.39 is 0 Å². The van der Waals surface area contributed by atoms with Crippen LogP contribution in [0, 0.1) is 0 Å². The van der Waals surface area contributed by atoms with Crippen LogP contribution in [0.2, 0.25) is 0 Å². The molecular formula is C18H22N2O. The van der Waals surface area contributed by atoms with Gasteiger partial charge in [-0.3, -0.25) is 0 Å². The lowest BCUT2D eigenvalue weighted by atomic mass is 10.1. The zero-order chi connectivity index (χ0) is 14.3. The lowest BCUT2D eigenvalue weighted by Crippen LogP contribution is -2.30. The maximum Gasteiger partial charge on any atom is 0.119 e. The number of hydrogen-bond acceptors (Lipinski definition) is 3. The second kappa shape index (κ2) is 7.14. The Hall–Kier alpha value is -2.00. The second-order valence-electron chi connectivity index (χ2n) is 5.31. The number of ether oxygens (including phenoxy) is 1. The standard InChI is InChI=1S/C18H22N2O/c1-2-8-17(9-3-1)21-14-6-12-20-13-11-19-15-16-7-4-5-10-18(16)20/h1-5,7-10,19H,6,11-15H2. The topological polar surface area (TPSA) is 24.5 Å². The Morgan fingerprint density at radius 2 is 1.81 bits per heavy atom. The third-order valence-electron chi connectivity index (χ3n) is 3.79. The number of nitrogens with one attached hydrogen (secondary N) is 1. The molecule has 1 aliphatic heterocycles. The normalized spacial score (nSPS) is 14.4. The first-order valence-corrected chi connectivity index (χ1v) is 7.65. The first-order chi connectivity index (χ1) is 10.4. The van der Waals surface area contributed by atoms with Crippen LogP contribution in [0.25, 0.3) is 0 Å². The van der Waals surface area contributed by atoms with Crippen molar-refractivity contribution in [2.75, 3.05) is 31.1 Å². The molecule has 1 N–H and O–H groups in total. The van der Waals surface area contributed by atoms with Crippen molar-refractivity contribution in [3.63, 3.8) is 0 Å². The van der Waals surface area contributed by atoms with Gasteiger partial charge in [0.05, 0.1) is 6.61 Å². The maximum atomic E-state index is 5.77. The third-order valence-corrected chi connectivity index (χ3v) is 3.79. The zero-order valence-corrected chi connectivity index (χ0v) is 12.3. The van der Waals surface area contributed by atoms with Crippen molar-refractivity contribution >= 4 is 5.69 Å². The highest BCUT2D eigenvalue weighted by atomic mass is 16.5. The van der Waals surface area contributed by atoms with Gasteiger partial charge < -0.3 is 15.0 Å². The summed E-state index contributed by atoms with van der Waals surface area (Å²) in [6, 6.07) is 18.7. The Labute approximate surface area is 126 Å². The largest absolute Gasteiger partial charge is 0.494 e. The zero-order valence-electron chi connectivity index (χ0n) is 12.3. The van der Waals surface area contributed by atoms with Crippen molar-refractivity contribution in [1.82, 2.24) is 5.32 Å². The van der Waals surface area contributed by atoms with E-state index in [1.165, 1.54) is 11.3 Å². The van der Waals surface area contributed by atoms with Crippen LogP contribution in [0.1, 0.15) is 12.0 Å². The number of fused-ring (bicyclic) bond motifs is 1. The molecule has 110 valence electrons. The van der Waals surface area contributed by atoms with E-state index in [-0.39, 0.29) is 0 Å². The lowest BCUT2D eigenvalue weighted by molar-refractivity contribution is 0.312. The van der Waals surface area contributed by atoms with E-state index in [1.54, 1.807) is 0 Å². The van der Waals surface area contributed by atoms with Crippen LogP contribution in [-0.4, -0.2) is 26.2 Å². The van der Waals surface area contributed by atoms with Crippen LogP contribution in [0.15, 0.2) is 54.6 Å². The van der Waals surface area contributed by atoms with Gasteiger partial charge in [0.25, 0.3) is 0 Å². The molecule has 0 atom stereocenters. The number of nitrogens with zero attached hydrogens (tertiary/aromatic N) is 1. The van der Waals surface area contributed by atoms with Gasteiger partial charge in [-0.05, 0) is 30.2 Å². The average Bonchev–Trinajstić information content (AvgIpc) is 2.75. The molecule has 0 aliphatic carbocycles. The molecule has 0 radical (unpaired) electrons. The first-order valence-electron chi connectivity index (χ1n) is 7.65. The predicted octanol–water partition coefficient (Wildman–Crippen LogP) is 3.07. The number of rotatable bonds is 5. The maximum absolute atomic E-state index is 5.77. The van der Waals surface area contributed by atoms with Crippen molar-refractivity contribution in [1.29, 1.82) is 0 Å². The molecular weight excluding hydrogens is 260 g/mol. The molecule has 0 amide bonds. The smallest absolute Gasteiger partial charge is 0.119 e. The van der Waals surface area contributed by atoms with Crippen molar-refractivity contribution < 1.29 is 4.74 Å². The van der Waals surface area contributed by atoms with Crippen LogP contribution in [0.3, 0.4) is 0 Å². The molecule has 0 bridgehead atoms. The SMILES string of the molecule is c1ccc(OCCCN2CCNCc3ccccc32)cc1. The Morgan fingerprint density at radius 1 is 1.00 bits per heavy atom. The lowest BCUT2D eigenvalue weighted by Gasteiger charge is -2.24. The Bertz CT molecular complexity index is 556. The molecule has 3 rings (SSSR count). The van der Waals surface area contributed by atoms with Gasteiger partial charge >= 0.3 is 0 Å². The van der Waals surface area contributed by atoms with E-state index in [9.17, 15) is 0 Å². The van der Waals surface area contributed by atoms with Gasteiger partial charge in [-0.15, -0.1) is 0 Å². The van der Waals surface area contributed by atoms with Gasteiger partial charge in [-0.2, -0.15) is 0 Å². The summed E-state index contributed by atoms with van der Waals surface area (Å²) in [6.07, 6.45) is 1.03. The van der Waals surface area contributed by atoms with Crippen LogP contribution < -0.4 is 15.0 Å². The third kappa shape index (κ3) is 3.76. The quantitative estimate of drug-likeness (QED) is 0.853. The number of hydrogen-bond donors (Lipinski definition) is 1. The summed E-state index contributed by atoms with van der Waals surface area (Å²) in [5, 5.41) is 3.48. The number of para-hydroxylation sites is 2. The summed E-state index contributed by atoms with van der Waals surface area (Å²) in [5.41, 5.74) is 2.75. The molecule has 0 aromatic heterocycles. The minimum atomic E-state index is 0.760.